The fraction of sp³-hybridized carbons (Fsp3) is 0.400. The molecule has 2 aliphatic carbocycles. The molecule has 10 rings (SSSR count). The van der Waals surface area contributed by atoms with E-state index < -0.39 is 6.04 Å². The van der Waals surface area contributed by atoms with Gasteiger partial charge in [-0.05, 0) is 120 Å². The number of aryl methyl sites for hydroxylation is 1. The van der Waals surface area contributed by atoms with Gasteiger partial charge < -0.3 is 19.8 Å². The average Bonchev–Trinajstić information content (AvgIpc) is 3.86. The summed E-state index contributed by atoms with van der Waals surface area (Å²) in [5.74, 6) is 0.976. The summed E-state index contributed by atoms with van der Waals surface area (Å²) in [7, 11) is 0. The van der Waals surface area contributed by atoms with Crippen LogP contribution in [0.5, 0.6) is 5.75 Å². The molecule has 53 heavy (non-hydrogen) atoms. The van der Waals surface area contributed by atoms with Crippen molar-refractivity contribution in [1.29, 1.82) is 0 Å². The van der Waals surface area contributed by atoms with Crippen molar-refractivity contribution in [2.75, 3.05) is 37.6 Å². The number of nitrogens with one attached hydrogen (secondary N) is 1. The number of carbonyl (C=O) groups is 3. The predicted octanol–water partition coefficient (Wildman–Crippen LogP) is 5.94. The molecular formula is C45H46N4O4. The Morgan fingerprint density at radius 1 is 0.774 bits per heavy atom. The van der Waals surface area contributed by atoms with Crippen molar-refractivity contribution < 1.29 is 19.5 Å². The van der Waals surface area contributed by atoms with Crippen LogP contribution in [0.15, 0.2) is 84.9 Å². The second-order valence-electron chi connectivity index (χ2n) is 16.8. The van der Waals surface area contributed by atoms with E-state index in [1.165, 1.54) is 45.5 Å². The molecule has 6 aliphatic rings. The van der Waals surface area contributed by atoms with Crippen molar-refractivity contribution in [3.05, 3.63) is 129 Å². The van der Waals surface area contributed by atoms with Crippen LogP contribution in [0.1, 0.15) is 86.8 Å². The average molecular weight is 707 g/mol. The molecule has 3 amide bonds. The number of phenolic OH excluding ortho intramolecular Hbond substituents is 1. The van der Waals surface area contributed by atoms with Gasteiger partial charge in [-0.3, -0.25) is 19.7 Å². The highest BCUT2D eigenvalue weighted by Crippen LogP contribution is 2.48. The number of anilines is 1. The van der Waals surface area contributed by atoms with Crippen LogP contribution in [0.25, 0.3) is 0 Å². The first kappa shape index (κ1) is 32.7. The summed E-state index contributed by atoms with van der Waals surface area (Å²) in [6.07, 6.45) is 5.99. The summed E-state index contributed by atoms with van der Waals surface area (Å²) >= 11 is 0. The van der Waals surface area contributed by atoms with Crippen molar-refractivity contribution >= 4 is 23.4 Å². The zero-order valence-electron chi connectivity index (χ0n) is 30.1. The number of hydrogen-bond donors (Lipinski definition) is 2. The Bertz CT molecular complexity index is 2120. The molecule has 8 nitrogen and oxygen atoms in total. The van der Waals surface area contributed by atoms with E-state index in [9.17, 15) is 19.5 Å². The summed E-state index contributed by atoms with van der Waals surface area (Å²) in [6.45, 7) is 5.96. The van der Waals surface area contributed by atoms with Gasteiger partial charge in [0.25, 0.3) is 5.91 Å². The van der Waals surface area contributed by atoms with Crippen molar-refractivity contribution in [3.8, 4) is 5.75 Å². The maximum atomic E-state index is 13.4. The van der Waals surface area contributed by atoms with Crippen molar-refractivity contribution in [2.45, 2.75) is 69.4 Å². The maximum Gasteiger partial charge on any atom is 0.255 e. The lowest BCUT2D eigenvalue weighted by Gasteiger charge is -2.49. The van der Waals surface area contributed by atoms with E-state index in [0.717, 1.165) is 69.5 Å². The first-order valence-corrected chi connectivity index (χ1v) is 19.5. The summed E-state index contributed by atoms with van der Waals surface area (Å²) in [6, 6.07) is 30.0. The Hall–Kier alpha value is -4.95. The van der Waals surface area contributed by atoms with Gasteiger partial charge in [-0.25, -0.2) is 0 Å². The van der Waals surface area contributed by atoms with Gasteiger partial charge in [0.1, 0.15) is 11.8 Å². The standard InChI is InChI=1S/C45H46N4O4/c50-36-11-13-38-31(19-36)8-12-37(29-4-2-1-3-5-29)42(38)30-6-9-35(10-7-30)48-17-16-28(24-48)23-47-26-45(27-47)21-32-18-34-25-49(40-14-15-41(51)46-43(40)52)44(53)39(34)20-33(32)22-45/h1-7,9-11,13,18-20,28,37,40,42,50H,8,12,14-17,21-27H2,(H,46,51,52)/t28-,37+,40?,42-/m0/s1. The molecule has 270 valence electrons. The van der Waals surface area contributed by atoms with Crippen molar-refractivity contribution in [3.63, 3.8) is 0 Å². The molecule has 1 spiro atoms. The van der Waals surface area contributed by atoms with Crippen LogP contribution in [0.4, 0.5) is 5.69 Å². The van der Waals surface area contributed by atoms with Gasteiger partial charge in [-0.15, -0.1) is 0 Å². The number of hydrogen-bond acceptors (Lipinski definition) is 6. The number of rotatable bonds is 6. The molecule has 0 aromatic heterocycles. The van der Waals surface area contributed by atoms with Gasteiger partial charge in [-0.1, -0.05) is 54.6 Å². The van der Waals surface area contributed by atoms with Gasteiger partial charge in [-0.2, -0.15) is 0 Å². The first-order valence-electron chi connectivity index (χ1n) is 19.5. The van der Waals surface area contributed by atoms with E-state index in [4.69, 9.17) is 0 Å². The maximum absolute atomic E-state index is 13.4. The summed E-state index contributed by atoms with van der Waals surface area (Å²) in [5.41, 5.74) is 11.3. The van der Waals surface area contributed by atoms with E-state index in [0.29, 0.717) is 30.6 Å². The molecule has 4 aromatic rings. The lowest BCUT2D eigenvalue weighted by atomic mass is 9.69. The summed E-state index contributed by atoms with van der Waals surface area (Å²) in [5, 5.41) is 12.6. The fourth-order valence-electron chi connectivity index (χ4n) is 10.9. The minimum atomic E-state index is -0.566. The van der Waals surface area contributed by atoms with Crippen molar-refractivity contribution in [1.82, 2.24) is 15.1 Å². The lowest BCUT2D eigenvalue weighted by molar-refractivity contribution is -0.136. The molecular weight excluding hydrogens is 661 g/mol. The largest absolute Gasteiger partial charge is 0.508 e. The zero-order chi connectivity index (χ0) is 35.8. The molecule has 2 N–H and O–H groups in total. The number of benzene rings is 4. The second kappa shape index (κ2) is 12.6. The van der Waals surface area contributed by atoms with E-state index in [1.54, 1.807) is 4.90 Å². The Balaban J connectivity index is 0.762. The zero-order valence-corrected chi connectivity index (χ0v) is 30.1. The van der Waals surface area contributed by atoms with E-state index in [-0.39, 0.29) is 35.5 Å². The van der Waals surface area contributed by atoms with Gasteiger partial charge in [0.05, 0.1) is 0 Å². The molecule has 0 radical (unpaired) electrons. The first-order chi connectivity index (χ1) is 25.8. The minimum Gasteiger partial charge on any atom is -0.508 e. The Morgan fingerprint density at radius 2 is 1.57 bits per heavy atom. The predicted molar refractivity (Wildman–Crippen MR) is 203 cm³/mol. The molecule has 4 heterocycles. The number of fused-ring (bicyclic) bond motifs is 3. The third-order valence-electron chi connectivity index (χ3n) is 13.3. The van der Waals surface area contributed by atoms with E-state index in [1.807, 2.05) is 12.1 Å². The normalized spacial score (nSPS) is 26.0. The van der Waals surface area contributed by atoms with Crippen LogP contribution in [0.2, 0.25) is 0 Å². The molecule has 4 aliphatic heterocycles. The molecule has 1 unspecified atom stereocenters. The number of likely N-dealkylation sites (tertiary alicyclic amines) is 1. The van der Waals surface area contributed by atoms with Gasteiger partial charge in [0, 0.05) is 68.3 Å². The highest BCUT2D eigenvalue weighted by atomic mass is 16.3. The van der Waals surface area contributed by atoms with Crippen molar-refractivity contribution in [2.24, 2.45) is 11.3 Å². The molecule has 3 saturated heterocycles. The number of nitrogens with zero attached hydrogens (tertiary/aromatic N) is 3. The van der Waals surface area contributed by atoms with Gasteiger partial charge in [0.2, 0.25) is 11.8 Å². The lowest BCUT2D eigenvalue weighted by Crippen LogP contribution is -2.58. The van der Waals surface area contributed by atoms with Crippen LogP contribution in [-0.2, 0) is 35.4 Å². The van der Waals surface area contributed by atoms with Gasteiger partial charge >= 0.3 is 0 Å². The number of phenols is 1. The van der Waals surface area contributed by atoms with Crippen LogP contribution >= 0.6 is 0 Å². The number of aromatic hydroxyl groups is 1. The molecule has 0 saturated carbocycles. The third-order valence-corrected chi connectivity index (χ3v) is 13.3. The molecule has 0 bridgehead atoms. The molecule has 4 aromatic carbocycles. The van der Waals surface area contributed by atoms with Crippen LogP contribution in [0.3, 0.4) is 0 Å². The smallest absolute Gasteiger partial charge is 0.255 e. The summed E-state index contributed by atoms with van der Waals surface area (Å²) < 4.78 is 0. The third kappa shape index (κ3) is 5.73. The Labute approximate surface area is 310 Å². The van der Waals surface area contributed by atoms with Gasteiger partial charge in [0.15, 0.2) is 0 Å². The van der Waals surface area contributed by atoms with E-state index >= 15 is 0 Å². The highest BCUT2D eigenvalue weighted by molar-refractivity contribution is 6.05. The molecule has 8 heteroatoms. The van der Waals surface area contributed by atoms with Crippen LogP contribution in [0, 0.1) is 11.3 Å². The number of piperidine rings is 1. The van der Waals surface area contributed by atoms with E-state index in [2.05, 4.69) is 87.9 Å². The summed E-state index contributed by atoms with van der Waals surface area (Å²) in [4.78, 5) is 44.4. The monoisotopic (exact) mass is 706 g/mol. The molecule has 4 atom stereocenters. The highest BCUT2D eigenvalue weighted by Gasteiger charge is 2.49. The van der Waals surface area contributed by atoms with Crippen LogP contribution < -0.4 is 10.2 Å². The number of carbonyl (C=O) groups excluding carboxylic acids is 3. The minimum absolute atomic E-state index is 0.0780. The Morgan fingerprint density at radius 3 is 2.36 bits per heavy atom. The van der Waals surface area contributed by atoms with Crippen LogP contribution in [-0.4, -0.2) is 71.4 Å². The quantitative estimate of drug-likeness (QED) is 0.241. The fourth-order valence-corrected chi connectivity index (χ4v) is 10.9. The number of amides is 3. The SMILES string of the molecule is O=C1CCC(N2Cc3cc4c(cc3C2=O)CC2(C4)CN(C[C@@H]3CCN(c4ccc([C@@H]5c6ccc(O)cc6CC[C@@H]5c5ccccc5)cc4)C3)C2)C(=O)N1. The molecule has 3 fully saturated rings. The second-order valence-corrected chi connectivity index (χ2v) is 16.8. The Kier molecular flexibility index (Phi) is 7.76. The number of imide groups is 1. The topological polar surface area (TPSA) is 93.2 Å².